The Kier molecular flexibility index (Phi) is 8.46. The van der Waals surface area contributed by atoms with Crippen LogP contribution >= 0.6 is 0 Å². The lowest BCUT2D eigenvalue weighted by Gasteiger charge is -2.30. The third-order valence-electron chi connectivity index (χ3n) is 6.79. The smallest absolute Gasteiger partial charge is 0.254 e. The molecule has 1 heterocycles. The molecule has 0 saturated heterocycles. The van der Waals surface area contributed by atoms with Crippen molar-refractivity contribution < 1.29 is 14.0 Å². The van der Waals surface area contributed by atoms with Crippen LogP contribution in [0.3, 0.4) is 0 Å². The molecular weight excluding hydrogens is 479 g/mol. The van der Waals surface area contributed by atoms with Gasteiger partial charge >= 0.3 is 0 Å². The van der Waals surface area contributed by atoms with Gasteiger partial charge in [-0.25, -0.2) is 4.39 Å². The van der Waals surface area contributed by atoms with Gasteiger partial charge in [-0.15, -0.1) is 0 Å². The van der Waals surface area contributed by atoms with E-state index in [2.05, 4.69) is 11.1 Å². The van der Waals surface area contributed by atoms with Crippen LogP contribution in [0.25, 0.3) is 10.9 Å². The quantitative estimate of drug-likeness (QED) is 0.304. The van der Waals surface area contributed by atoms with Crippen LogP contribution in [0.1, 0.15) is 35.3 Å². The molecule has 7 heteroatoms. The molecule has 0 atom stereocenters. The van der Waals surface area contributed by atoms with Crippen molar-refractivity contribution in [1.82, 2.24) is 14.8 Å². The van der Waals surface area contributed by atoms with Crippen LogP contribution in [0.4, 0.5) is 10.1 Å². The molecule has 6 nitrogen and oxygen atoms in total. The molecule has 0 aliphatic carbocycles. The second-order valence-electron chi connectivity index (χ2n) is 10.0. The summed E-state index contributed by atoms with van der Waals surface area (Å²) in [5.74, 6) is -0.830. The summed E-state index contributed by atoms with van der Waals surface area (Å²) in [6.07, 6.45) is 2.68. The summed E-state index contributed by atoms with van der Waals surface area (Å²) in [5.41, 5.74) is 4.67. The van der Waals surface area contributed by atoms with Gasteiger partial charge in [-0.2, -0.15) is 0 Å². The van der Waals surface area contributed by atoms with Crippen molar-refractivity contribution in [3.05, 3.63) is 102 Å². The second-order valence-corrected chi connectivity index (χ2v) is 10.0. The maximum Gasteiger partial charge on any atom is 0.254 e. The highest BCUT2D eigenvalue weighted by atomic mass is 19.1. The van der Waals surface area contributed by atoms with Crippen molar-refractivity contribution >= 4 is 28.4 Å². The maximum atomic E-state index is 13.7. The largest absolute Gasteiger partial charge is 0.378 e. The molecular formula is C31H35FN4O2. The fourth-order valence-corrected chi connectivity index (χ4v) is 4.50. The predicted molar refractivity (Wildman–Crippen MR) is 151 cm³/mol. The number of amides is 2. The Balaban J connectivity index is 1.55. The first-order valence-electron chi connectivity index (χ1n) is 12.9. The monoisotopic (exact) mass is 514 g/mol. The molecule has 0 fully saturated rings. The van der Waals surface area contributed by atoms with E-state index in [0.29, 0.717) is 25.1 Å². The van der Waals surface area contributed by atoms with Crippen LogP contribution in [0.5, 0.6) is 0 Å². The summed E-state index contributed by atoms with van der Waals surface area (Å²) < 4.78 is 13.4. The Morgan fingerprint density at radius 1 is 0.921 bits per heavy atom. The van der Waals surface area contributed by atoms with E-state index < -0.39 is 5.82 Å². The van der Waals surface area contributed by atoms with Gasteiger partial charge in [0.05, 0.1) is 0 Å². The number of hydrogen-bond acceptors (Lipinski definition) is 3. The average molecular weight is 515 g/mol. The zero-order valence-corrected chi connectivity index (χ0v) is 22.4. The molecule has 0 radical (unpaired) electrons. The number of nitrogens with zero attached hydrogens (tertiary/aromatic N) is 3. The van der Waals surface area contributed by atoms with E-state index in [1.165, 1.54) is 24.3 Å². The first kappa shape index (κ1) is 26.9. The number of carbonyl (C=O) groups excluding carboxylic acids is 2. The number of nitrogens with one attached hydrogen (secondary N) is 1. The molecule has 4 rings (SSSR count). The summed E-state index contributed by atoms with van der Waals surface area (Å²) in [5, 5.41) is 1.14. The van der Waals surface area contributed by atoms with E-state index in [4.69, 9.17) is 0 Å². The Morgan fingerprint density at radius 3 is 2.26 bits per heavy atom. The number of aromatic nitrogens is 1. The third kappa shape index (κ3) is 6.40. The van der Waals surface area contributed by atoms with Crippen molar-refractivity contribution in [2.24, 2.45) is 0 Å². The van der Waals surface area contributed by atoms with Crippen LogP contribution in [0.15, 0.2) is 79.0 Å². The van der Waals surface area contributed by atoms with Gasteiger partial charge in [0.2, 0.25) is 5.91 Å². The minimum atomic E-state index is -0.405. The third-order valence-corrected chi connectivity index (χ3v) is 6.79. The van der Waals surface area contributed by atoms with Gasteiger partial charge in [-0.3, -0.25) is 9.59 Å². The fourth-order valence-electron chi connectivity index (χ4n) is 4.50. The molecule has 0 saturated carbocycles. The zero-order valence-electron chi connectivity index (χ0n) is 22.4. The highest BCUT2D eigenvalue weighted by molar-refractivity contribution is 5.96. The number of halogens is 1. The average Bonchev–Trinajstić information content (AvgIpc) is 3.32. The van der Waals surface area contributed by atoms with E-state index in [1.54, 1.807) is 4.90 Å². The summed E-state index contributed by atoms with van der Waals surface area (Å²) in [7, 11) is 3.98. The maximum absolute atomic E-state index is 13.7. The molecule has 4 aromatic rings. The van der Waals surface area contributed by atoms with Crippen LogP contribution in [0, 0.1) is 5.82 Å². The lowest BCUT2D eigenvalue weighted by molar-refractivity contribution is -0.132. The highest BCUT2D eigenvalue weighted by Gasteiger charge is 2.25. The van der Waals surface area contributed by atoms with E-state index in [0.717, 1.165) is 27.7 Å². The number of rotatable bonds is 10. The van der Waals surface area contributed by atoms with Crippen molar-refractivity contribution in [1.29, 1.82) is 0 Å². The normalized spacial score (nSPS) is 11.1. The van der Waals surface area contributed by atoms with Gasteiger partial charge in [0.1, 0.15) is 12.4 Å². The fraction of sp³-hybridized carbons (Fsp3) is 0.290. The number of para-hydroxylation sites is 1. The molecule has 38 heavy (non-hydrogen) atoms. The van der Waals surface area contributed by atoms with E-state index >= 15 is 0 Å². The van der Waals surface area contributed by atoms with E-state index in [9.17, 15) is 14.0 Å². The van der Waals surface area contributed by atoms with Gasteiger partial charge in [-0.05, 0) is 73.9 Å². The van der Waals surface area contributed by atoms with Crippen LogP contribution < -0.4 is 4.90 Å². The standard InChI is InChI=1S/C31H35FN4O2/c1-22(2)36(31(38)24-11-13-26(32)14-12-24)21-30(37)35(20-23-9-15-27(16-10-23)34(3)4)18-17-25-19-33-29-8-6-5-7-28(25)29/h5-16,19,22,33H,17-18,20-21H2,1-4H3. The van der Waals surface area contributed by atoms with Crippen molar-refractivity contribution in [3.63, 3.8) is 0 Å². The van der Waals surface area contributed by atoms with Crippen molar-refractivity contribution in [3.8, 4) is 0 Å². The number of benzene rings is 3. The Hall–Kier alpha value is -4.13. The molecule has 0 spiro atoms. The van der Waals surface area contributed by atoms with Crippen LogP contribution in [0.2, 0.25) is 0 Å². The molecule has 1 N–H and O–H groups in total. The first-order chi connectivity index (χ1) is 18.2. The number of hydrogen-bond donors (Lipinski definition) is 1. The lowest BCUT2D eigenvalue weighted by atomic mass is 10.1. The Morgan fingerprint density at radius 2 is 1.61 bits per heavy atom. The molecule has 198 valence electrons. The number of anilines is 1. The number of aromatic amines is 1. The zero-order chi connectivity index (χ0) is 27.2. The molecule has 0 bridgehead atoms. The Bertz CT molecular complexity index is 1380. The van der Waals surface area contributed by atoms with Crippen LogP contribution in [-0.4, -0.2) is 59.8 Å². The Labute approximate surface area is 223 Å². The topological polar surface area (TPSA) is 59.7 Å². The summed E-state index contributed by atoms with van der Waals surface area (Å²) in [4.78, 5) is 35.6. The molecule has 0 aliphatic heterocycles. The summed E-state index contributed by atoms with van der Waals surface area (Å²) >= 11 is 0. The van der Waals surface area contributed by atoms with Gasteiger partial charge in [0.15, 0.2) is 0 Å². The summed E-state index contributed by atoms with van der Waals surface area (Å²) in [6.45, 7) is 4.64. The minimum Gasteiger partial charge on any atom is -0.378 e. The molecule has 1 aromatic heterocycles. The highest BCUT2D eigenvalue weighted by Crippen LogP contribution is 2.20. The summed E-state index contributed by atoms with van der Waals surface area (Å²) in [6, 6.07) is 21.5. The molecule has 0 aliphatic rings. The van der Waals surface area contributed by atoms with Crippen LogP contribution in [-0.2, 0) is 17.8 Å². The lowest BCUT2D eigenvalue weighted by Crippen LogP contribution is -2.46. The van der Waals surface area contributed by atoms with Crippen molar-refractivity contribution in [2.75, 3.05) is 32.1 Å². The second kappa shape index (κ2) is 11.9. The molecule has 0 unspecified atom stereocenters. The van der Waals surface area contributed by atoms with Gasteiger partial charge < -0.3 is 19.7 Å². The van der Waals surface area contributed by atoms with Gasteiger partial charge in [0.25, 0.3) is 5.91 Å². The van der Waals surface area contributed by atoms with Gasteiger partial charge in [0, 0.05) is 61.6 Å². The first-order valence-corrected chi connectivity index (χ1v) is 12.9. The SMILES string of the molecule is CC(C)N(CC(=O)N(CCc1c[nH]c2ccccc12)Cc1ccc(N(C)C)cc1)C(=O)c1ccc(F)cc1. The van der Waals surface area contributed by atoms with E-state index in [1.807, 2.05) is 86.4 Å². The van der Waals surface area contributed by atoms with Gasteiger partial charge in [-0.1, -0.05) is 30.3 Å². The van der Waals surface area contributed by atoms with Crippen molar-refractivity contribution in [2.45, 2.75) is 32.9 Å². The predicted octanol–water partition coefficient (Wildman–Crippen LogP) is 5.50. The number of carbonyl (C=O) groups is 2. The minimum absolute atomic E-state index is 0.0580. The number of fused-ring (bicyclic) bond motifs is 1. The number of H-pyrrole nitrogens is 1. The van der Waals surface area contributed by atoms with E-state index in [-0.39, 0.29) is 24.4 Å². The molecule has 2 amide bonds. The molecule has 3 aromatic carbocycles.